The van der Waals surface area contributed by atoms with Crippen molar-refractivity contribution in [1.29, 1.82) is 0 Å². The number of nitrogens with one attached hydrogen (secondary N) is 1. The molecule has 1 aliphatic rings. The molecule has 2 aromatic heterocycles. The van der Waals surface area contributed by atoms with E-state index in [-0.39, 0.29) is 0 Å². The van der Waals surface area contributed by atoms with Gasteiger partial charge in [0.05, 0.1) is 5.52 Å². The molecule has 0 spiro atoms. The largest absolute Gasteiger partial charge is 0.384 e. The van der Waals surface area contributed by atoms with Crippen LogP contribution in [0.25, 0.3) is 10.9 Å². The van der Waals surface area contributed by atoms with E-state index in [9.17, 15) is 0 Å². The van der Waals surface area contributed by atoms with Crippen molar-refractivity contribution in [1.82, 2.24) is 19.9 Å². The van der Waals surface area contributed by atoms with Crippen LogP contribution in [0.3, 0.4) is 0 Å². The normalized spacial score (nSPS) is 15.1. The molecule has 0 saturated carbocycles. The van der Waals surface area contributed by atoms with Gasteiger partial charge in [0.25, 0.3) is 0 Å². The highest BCUT2D eigenvalue weighted by molar-refractivity contribution is 6.31. The number of aryl methyl sites for hydroxylation is 1. The van der Waals surface area contributed by atoms with Crippen LogP contribution in [0.1, 0.15) is 12.2 Å². The quantitative estimate of drug-likeness (QED) is 0.644. The molecule has 0 radical (unpaired) electrons. The van der Waals surface area contributed by atoms with E-state index < -0.39 is 0 Å². The zero-order chi connectivity index (χ0) is 19.3. The Morgan fingerprint density at radius 3 is 2.71 bits per heavy atom. The van der Waals surface area contributed by atoms with Gasteiger partial charge >= 0.3 is 0 Å². The molecule has 0 unspecified atom stereocenters. The third-order valence-electron chi connectivity index (χ3n) is 5.12. The second-order valence-electron chi connectivity index (χ2n) is 7.17. The number of nitrogens with zero attached hydrogens (tertiary/aromatic N) is 5. The molecule has 1 aliphatic heterocycles. The van der Waals surface area contributed by atoms with Gasteiger partial charge in [-0.05, 0) is 43.8 Å². The average Bonchev–Trinajstić information content (AvgIpc) is 2.72. The Morgan fingerprint density at radius 2 is 1.86 bits per heavy atom. The minimum Gasteiger partial charge on any atom is -0.384 e. The second-order valence-corrected chi connectivity index (χ2v) is 7.61. The molecular formula is C21H25ClN6. The van der Waals surface area contributed by atoms with Gasteiger partial charge in [0.15, 0.2) is 0 Å². The van der Waals surface area contributed by atoms with Crippen molar-refractivity contribution in [2.75, 3.05) is 50.0 Å². The van der Waals surface area contributed by atoms with Gasteiger partial charge in [-0.25, -0.2) is 9.97 Å². The molecule has 146 valence electrons. The number of halogens is 1. The summed E-state index contributed by atoms with van der Waals surface area (Å²) in [6.07, 6.45) is 5.50. The Hall–Kier alpha value is -2.44. The highest BCUT2D eigenvalue weighted by Crippen LogP contribution is 2.24. The Morgan fingerprint density at radius 1 is 1.04 bits per heavy atom. The van der Waals surface area contributed by atoms with Crippen LogP contribution in [0, 0.1) is 0 Å². The third kappa shape index (κ3) is 4.51. The number of benzene rings is 1. The van der Waals surface area contributed by atoms with Gasteiger partial charge < -0.3 is 15.1 Å². The number of likely N-dealkylation sites (N-methyl/N-ethyl adjacent to an activating group) is 1. The average molecular weight is 397 g/mol. The van der Waals surface area contributed by atoms with E-state index in [0.717, 1.165) is 73.8 Å². The minimum absolute atomic E-state index is 0.703. The number of hydrogen-bond donors (Lipinski definition) is 1. The number of pyridine rings is 1. The smallest absolute Gasteiger partial charge is 0.132 e. The Balaban J connectivity index is 1.33. The van der Waals surface area contributed by atoms with Crippen LogP contribution in [-0.2, 0) is 6.42 Å². The predicted molar refractivity (Wildman–Crippen MR) is 115 cm³/mol. The fourth-order valence-electron chi connectivity index (χ4n) is 3.47. The van der Waals surface area contributed by atoms with E-state index in [2.05, 4.69) is 32.1 Å². The third-order valence-corrected chi connectivity index (χ3v) is 5.35. The van der Waals surface area contributed by atoms with Gasteiger partial charge in [-0.2, -0.15) is 0 Å². The molecule has 0 bridgehead atoms. The van der Waals surface area contributed by atoms with Crippen molar-refractivity contribution in [2.24, 2.45) is 0 Å². The summed E-state index contributed by atoms with van der Waals surface area (Å²) in [6.45, 7) is 5.05. The van der Waals surface area contributed by atoms with Gasteiger partial charge in [-0.3, -0.25) is 4.98 Å². The van der Waals surface area contributed by atoms with Crippen molar-refractivity contribution in [3.8, 4) is 0 Å². The van der Waals surface area contributed by atoms with E-state index in [4.69, 9.17) is 16.6 Å². The van der Waals surface area contributed by atoms with Crippen LogP contribution in [0.15, 0.2) is 42.7 Å². The molecule has 3 aromatic rings. The topological polar surface area (TPSA) is 57.2 Å². The van der Waals surface area contributed by atoms with Crippen molar-refractivity contribution < 1.29 is 0 Å². The number of piperazine rings is 1. The predicted octanol–water partition coefficient (Wildman–Crippen LogP) is 3.47. The van der Waals surface area contributed by atoms with Gasteiger partial charge in [0.1, 0.15) is 11.6 Å². The first-order chi connectivity index (χ1) is 13.7. The van der Waals surface area contributed by atoms with Gasteiger partial charge in [0.2, 0.25) is 0 Å². The standard InChI is InChI=1S/C21H25ClN6/c1-27-11-13-28(14-12-27)21-7-10-25-20(26-21)3-2-8-23-18-6-9-24-19-15-16(22)4-5-17(18)19/h4-7,9-10,15H,2-3,8,11-14H2,1H3,(H,23,24). The molecular weight excluding hydrogens is 372 g/mol. The van der Waals surface area contributed by atoms with Crippen molar-refractivity contribution in [3.63, 3.8) is 0 Å². The number of rotatable bonds is 6. The van der Waals surface area contributed by atoms with E-state index in [1.165, 1.54) is 0 Å². The number of hydrogen-bond acceptors (Lipinski definition) is 6. The van der Waals surface area contributed by atoms with Crippen molar-refractivity contribution in [3.05, 3.63) is 53.6 Å². The van der Waals surface area contributed by atoms with Crippen LogP contribution >= 0.6 is 11.6 Å². The molecule has 6 nitrogen and oxygen atoms in total. The summed E-state index contributed by atoms with van der Waals surface area (Å²) in [5, 5.41) is 5.29. The first kappa shape index (κ1) is 18.9. The Labute approximate surface area is 170 Å². The maximum atomic E-state index is 6.06. The van der Waals surface area contributed by atoms with Crippen LogP contribution in [0.4, 0.5) is 11.5 Å². The Kier molecular flexibility index (Phi) is 5.88. The summed E-state index contributed by atoms with van der Waals surface area (Å²) in [7, 11) is 2.16. The summed E-state index contributed by atoms with van der Waals surface area (Å²) in [6, 6.07) is 9.81. The Bertz CT molecular complexity index is 939. The van der Waals surface area contributed by atoms with Gasteiger partial charge in [-0.15, -0.1) is 0 Å². The summed E-state index contributed by atoms with van der Waals surface area (Å²) < 4.78 is 0. The van der Waals surface area contributed by atoms with Crippen molar-refractivity contribution >= 4 is 34.0 Å². The summed E-state index contributed by atoms with van der Waals surface area (Å²) in [4.78, 5) is 18.3. The molecule has 4 rings (SSSR count). The van der Waals surface area contributed by atoms with E-state index in [1.54, 1.807) is 0 Å². The molecule has 3 heterocycles. The summed E-state index contributed by atoms with van der Waals surface area (Å²) in [5.41, 5.74) is 1.98. The molecule has 1 saturated heterocycles. The molecule has 28 heavy (non-hydrogen) atoms. The summed E-state index contributed by atoms with van der Waals surface area (Å²) >= 11 is 6.06. The van der Waals surface area contributed by atoms with Crippen LogP contribution in [-0.4, -0.2) is 59.6 Å². The lowest BCUT2D eigenvalue weighted by atomic mass is 10.2. The van der Waals surface area contributed by atoms with Crippen molar-refractivity contribution in [2.45, 2.75) is 12.8 Å². The van der Waals surface area contributed by atoms with Crippen LogP contribution in [0.2, 0.25) is 5.02 Å². The van der Waals surface area contributed by atoms with E-state index >= 15 is 0 Å². The molecule has 7 heteroatoms. The minimum atomic E-state index is 0.703. The molecule has 0 aliphatic carbocycles. The molecule has 0 amide bonds. The maximum Gasteiger partial charge on any atom is 0.132 e. The SMILES string of the molecule is CN1CCN(c2ccnc(CCCNc3ccnc4cc(Cl)ccc34)n2)CC1. The lowest BCUT2D eigenvalue weighted by Crippen LogP contribution is -2.44. The van der Waals surface area contributed by atoms with Gasteiger partial charge in [0, 0.05) is 67.6 Å². The van der Waals surface area contributed by atoms with Crippen LogP contribution in [0.5, 0.6) is 0 Å². The first-order valence-electron chi connectivity index (χ1n) is 9.72. The fraction of sp³-hybridized carbons (Fsp3) is 0.381. The maximum absolute atomic E-state index is 6.06. The number of anilines is 2. The van der Waals surface area contributed by atoms with E-state index in [1.807, 2.05) is 42.7 Å². The molecule has 0 atom stereocenters. The lowest BCUT2D eigenvalue weighted by molar-refractivity contribution is 0.312. The monoisotopic (exact) mass is 396 g/mol. The summed E-state index contributed by atoms with van der Waals surface area (Å²) in [5.74, 6) is 1.95. The van der Waals surface area contributed by atoms with Crippen LogP contribution < -0.4 is 10.2 Å². The van der Waals surface area contributed by atoms with E-state index in [0.29, 0.717) is 5.02 Å². The zero-order valence-corrected chi connectivity index (χ0v) is 16.9. The lowest BCUT2D eigenvalue weighted by Gasteiger charge is -2.33. The number of aromatic nitrogens is 3. The molecule has 1 fully saturated rings. The van der Waals surface area contributed by atoms with Gasteiger partial charge in [-0.1, -0.05) is 11.6 Å². The highest BCUT2D eigenvalue weighted by atomic mass is 35.5. The fourth-order valence-corrected chi connectivity index (χ4v) is 3.63. The highest BCUT2D eigenvalue weighted by Gasteiger charge is 2.15. The zero-order valence-electron chi connectivity index (χ0n) is 16.1. The molecule has 1 aromatic carbocycles. The number of fused-ring (bicyclic) bond motifs is 1. The second kappa shape index (κ2) is 8.71. The first-order valence-corrected chi connectivity index (χ1v) is 10.1. The molecule has 1 N–H and O–H groups in total.